The predicted molar refractivity (Wildman–Crippen MR) is 76.3 cm³/mol. The number of amides is 1. The molecule has 1 atom stereocenters. The third-order valence-electron chi connectivity index (χ3n) is 3.81. The Bertz CT molecular complexity index is 371. The minimum absolute atomic E-state index is 0.0937. The van der Waals surface area contributed by atoms with E-state index in [0.717, 1.165) is 12.8 Å². The van der Waals surface area contributed by atoms with Gasteiger partial charge < -0.3 is 14.4 Å². The second-order valence-electron chi connectivity index (χ2n) is 6.98. The van der Waals surface area contributed by atoms with E-state index in [1.165, 1.54) is 7.11 Å². The number of carbonyl (C=O) groups excluding carboxylic acids is 2. The molecule has 5 nitrogen and oxygen atoms in total. The van der Waals surface area contributed by atoms with Crippen molar-refractivity contribution in [3.63, 3.8) is 0 Å². The minimum atomic E-state index is -0.588. The highest BCUT2D eigenvalue weighted by Crippen LogP contribution is 2.35. The van der Waals surface area contributed by atoms with Crippen LogP contribution in [0.3, 0.4) is 0 Å². The van der Waals surface area contributed by atoms with Crippen LogP contribution in [-0.2, 0) is 14.3 Å². The Morgan fingerprint density at radius 1 is 1.15 bits per heavy atom. The Morgan fingerprint density at radius 2 is 1.75 bits per heavy atom. The van der Waals surface area contributed by atoms with Crippen LogP contribution in [0.1, 0.15) is 47.5 Å². The first-order chi connectivity index (χ1) is 9.08. The van der Waals surface area contributed by atoms with Gasteiger partial charge in [-0.05, 0) is 53.4 Å². The van der Waals surface area contributed by atoms with E-state index in [1.54, 1.807) is 4.90 Å². The first kappa shape index (κ1) is 16.8. The molecule has 1 amide bonds. The molecular formula is C15H27NO4. The highest BCUT2D eigenvalue weighted by Gasteiger charge is 2.41. The van der Waals surface area contributed by atoms with Crippen molar-refractivity contribution in [3.05, 3.63) is 0 Å². The van der Waals surface area contributed by atoms with Crippen molar-refractivity contribution in [2.24, 2.45) is 11.3 Å². The molecule has 1 rings (SSSR count). The number of esters is 1. The summed E-state index contributed by atoms with van der Waals surface area (Å²) >= 11 is 0. The summed E-state index contributed by atoms with van der Waals surface area (Å²) in [6, 6.07) is 0. The number of ether oxygens (including phenoxy) is 2. The standard InChI is InChI=1S/C15H27NO4/c1-14(2,3)20-13(18)16-9-7-8-11(10-16)15(4,5)12(17)19-6/h11H,7-10H2,1-6H3. The molecule has 0 bridgehead atoms. The first-order valence-corrected chi connectivity index (χ1v) is 7.14. The number of likely N-dealkylation sites (tertiary alicyclic amines) is 1. The third-order valence-corrected chi connectivity index (χ3v) is 3.81. The van der Waals surface area contributed by atoms with Crippen LogP contribution < -0.4 is 0 Å². The summed E-state index contributed by atoms with van der Waals surface area (Å²) in [5.74, 6) is -0.134. The lowest BCUT2D eigenvalue weighted by Gasteiger charge is -2.40. The van der Waals surface area contributed by atoms with Crippen molar-refractivity contribution in [2.75, 3.05) is 20.2 Å². The fourth-order valence-electron chi connectivity index (χ4n) is 2.49. The predicted octanol–water partition coefficient (Wildman–Crippen LogP) is 2.83. The molecule has 0 aliphatic carbocycles. The second kappa shape index (κ2) is 6.02. The highest BCUT2D eigenvalue weighted by atomic mass is 16.6. The largest absolute Gasteiger partial charge is 0.469 e. The smallest absolute Gasteiger partial charge is 0.410 e. The van der Waals surface area contributed by atoms with Crippen LogP contribution in [-0.4, -0.2) is 42.8 Å². The average Bonchev–Trinajstić information content (AvgIpc) is 2.35. The zero-order chi connectivity index (χ0) is 15.6. The SMILES string of the molecule is COC(=O)C(C)(C)C1CCCN(C(=O)OC(C)(C)C)C1. The van der Waals surface area contributed by atoms with Gasteiger partial charge in [-0.15, -0.1) is 0 Å². The van der Waals surface area contributed by atoms with Gasteiger partial charge in [-0.25, -0.2) is 4.79 Å². The van der Waals surface area contributed by atoms with Crippen LogP contribution in [0.15, 0.2) is 0 Å². The molecule has 1 unspecified atom stereocenters. The van der Waals surface area contributed by atoms with E-state index in [1.807, 2.05) is 34.6 Å². The molecule has 1 aliphatic heterocycles. The Hall–Kier alpha value is -1.26. The van der Waals surface area contributed by atoms with Crippen molar-refractivity contribution in [1.82, 2.24) is 4.90 Å². The molecule has 0 aromatic rings. The summed E-state index contributed by atoms with van der Waals surface area (Å²) in [6.07, 6.45) is 1.49. The fourth-order valence-corrected chi connectivity index (χ4v) is 2.49. The fraction of sp³-hybridized carbons (Fsp3) is 0.867. The highest BCUT2D eigenvalue weighted by molar-refractivity contribution is 5.76. The Labute approximate surface area is 121 Å². The van der Waals surface area contributed by atoms with Crippen molar-refractivity contribution in [2.45, 2.75) is 53.1 Å². The van der Waals surface area contributed by atoms with Crippen molar-refractivity contribution < 1.29 is 19.1 Å². The molecule has 0 aromatic heterocycles. The molecule has 1 heterocycles. The van der Waals surface area contributed by atoms with Crippen molar-refractivity contribution in [1.29, 1.82) is 0 Å². The second-order valence-corrected chi connectivity index (χ2v) is 6.98. The number of piperidine rings is 1. The molecule has 5 heteroatoms. The topological polar surface area (TPSA) is 55.8 Å². The number of carbonyl (C=O) groups is 2. The molecular weight excluding hydrogens is 258 g/mol. The van der Waals surface area contributed by atoms with E-state index in [-0.39, 0.29) is 18.0 Å². The number of hydrogen-bond donors (Lipinski definition) is 0. The molecule has 0 spiro atoms. The van der Waals surface area contributed by atoms with Gasteiger partial charge in [-0.3, -0.25) is 4.79 Å². The third kappa shape index (κ3) is 4.12. The lowest BCUT2D eigenvalue weighted by molar-refractivity contribution is -0.155. The number of hydrogen-bond acceptors (Lipinski definition) is 4. The molecule has 0 aromatic carbocycles. The molecule has 1 fully saturated rings. The quantitative estimate of drug-likeness (QED) is 0.732. The van der Waals surface area contributed by atoms with Gasteiger partial charge in [0.25, 0.3) is 0 Å². The Kier molecular flexibility index (Phi) is 5.05. The molecule has 0 N–H and O–H groups in total. The zero-order valence-electron chi connectivity index (χ0n) is 13.5. The normalized spacial score (nSPS) is 20.5. The monoisotopic (exact) mass is 285 g/mol. The van der Waals surface area contributed by atoms with E-state index in [4.69, 9.17) is 9.47 Å². The van der Waals surface area contributed by atoms with E-state index in [9.17, 15) is 9.59 Å². The zero-order valence-corrected chi connectivity index (χ0v) is 13.5. The van der Waals surface area contributed by atoms with Crippen LogP contribution in [0.5, 0.6) is 0 Å². The van der Waals surface area contributed by atoms with Gasteiger partial charge in [0.1, 0.15) is 5.60 Å². The minimum Gasteiger partial charge on any atom is -0.469 e. The van der Waals surface area contributed by atoms with Gasteiger partial charge >= 0.3 is 12.1 Å². The number of rotatable bonds is 2. The van der Waals surface area contributed by atoms with E-state index in [2.05, 4.69) is 0 Å². The summed E-state index contributed by atoms with van der Waals surface area (Å²) in [5, 5.41) is 0. The molecule has 1 saturated heterocycles. The Morgan fingerprint density at radius 3 is 2.25 bits per heavy atom. The summed E-state index contributed by atoms with van der Waals surface area (Å²) in [4.78, 5) is 25.7. The van der Waals surface area contributed by atoms with Gasteiger partial charge in [0.05, 0.1) is 12.5 Å². The maximum Gasteiger partial charge on any atom is 0.410 e. The van der Waals surface area contributed by atoms with Gasteiger partial charge in [-0.2, -0.15) is 0 Å². The van der Waals surface area contributed by atoms with E-state index >= 15 is 0 Å². The lowest BCUT2D eigenvalue weighted by atomic mass is 9.74. The number of methoxy groups -OCH3 is 1. The van der Waals surface area contributed by atoms with Crippen LogP contribution in [0.4, 0.5) is 4.79 Å². The van der Waals surface area contributed by atoms with Crippen LogP contribution >= 0.6 is 0 Å². The van der Waals surface area contributed by atoms with Gasteiger partial charge in [0, 0.05) is 13.1 Å². The summed E-state index contributed by atoms with van der Waals surface area (Å²) in [7, 11) is 1.40. The molecule has 116 valence electrons. The maximum absolute atomic E-state index is 12.1. The van der Waals surface area contributed by atoms with Crippen LogP contribution in [0, 0.1) is 11.3 Å². The molecule has 1 aliphatic rings. The van der Waals surface area contributed by atoms with Gasteiger partial charge in [-0.1, -0.05) is 0 Å². The van der Waals surface area contributed by atoms with Crippen LogP contribution in [0.2, 0.25) is 0 Å². The summed E-state index contributed by atoms with van der Waals surface area (Å²) < 4.78 is 10.3. The van der Waals surface area contributed by atoms with Gasteiger partial charge in [0.2, 0.25) is 0 Å². The van der Waals surface area contributed by atoms with E-state index in [0.29, 0.717) is 13.1 Å². The van der Waals surface area contributed by atoms with Gasteiger partial charge in [0.15, 0.2) is 0 Å². The van der Waals surface area contributed by atoms with Crippen molar-refractivity contribution in [3.8, 4) is 0 Å². The summed E-state index contributed by atoms with van der Waals surface area (Å²) in [6.45, 7) is 10.5. The summed E-state index contributed by atoms with van der Waals surface area (Å²) in [5.41, 5.74) is -1.09. The maximum atomic E-state index is 12.1. The lowest BCUT2D eigenvalue weighted by Crippen LogP contribution is -2.48. The van der Waals surface area contributed by atoms with E-state index < -0.39 is 11.0 Å². The molecule has 20 heavy (non-hydrogen) atoms. The number of nitrogens with zero attached hydrogens (tertiary/aromatic N) is 1. The molecule has 0 saturated carbocycles. The Balaban J connectivity index is 2.72. The van der Waals surface area contributed by atoms with Crippen LogP contribution in [0.25, 0.3) is 0 Å². The molecule has 0 radical (unpaired) electrons. The first-order valence-electron chi connectivity index (χ1n) is 7.14. The average molecular weight is 285 g/mol. The van der Waals surface area contributed by atoms with Crippen molar-refractivity contribution >= 4 is 12.1 Å².